The number of amides is 1. The average molecular weight is 360 g/mol. The Hall–Kier alpha value is -2.18. The zero-order chi connectivity index (χ0) is 18.2. The van der Waals surface area contributed by atoms with E-state index in [1.807, 2.05) is 60.7 Å². The lowest BCUT2D eigenvalue weighted by Gasteiger charge is -2.19. The molecule has 0 spiro atoms. The lowest BCUT2D eigenvalue weighted by atomic mass is 10.1. The second-order valence-electron chi connectivity index (χ2n) is 5.57. The molecule has 0 radical (unpaired) electrons. The first-order valence-electron chi connectivity index (χ1n) is 7.90. The summed E-state index contributed by atoms with van der Waals surface area (Å²) in [6.07, 6.45) is 1.99. The Kier molecular flexibility index (Phi) is 7.16. The van der Waals surface area contributed by atoms with Crippen LogP contribution >= 0.6 is 11.8 Å². The maximum absolute atomic E-state index is 12.3. The van der Waals surface area contributed by atoms with Crippen LogP contribution in [0, 0.1) is 0 Å². The van der Waals surface area contributed by atoms with E-state index in [0.717, 1.165) is 16.1 Å². The summed E-state index contributed by atoms with van der Waals surface area (Å²) in [5.41, 5.74) is 1.81. The van der Waals surface area contributed by atoms with Gasteiger partial charge in [0.25, 0.3) is 0 Å². The number of carbonyl (C=O) groups excluding carboxylic acids is 1. The number of anilines is 1. The van der Waals surface area contributed by atoms with Crippen LogP contribution in [-0.4, -0.2) is 44.9 Å². The molecule has 0 aliphatic heterocycles. The van der Waals surface area contributed by atoms with Gasteiger partial charge < -0.3 is 14.8 Å². The number of nitrogens with zero attached hydrogens (tertiary/aromatic N) is 1. The molecule has 0 unspecified atom stereocenters. The number of carbonyl (C=O) groups is 1. The molecule has 2 rings (SSSR count). The van der Waals surface area contributed by atoms with Gasteiger partial charge in [0, 0.05) is 17.0 Å². The molecule has 2 aromatic rings. The normalized spacial score (nSPS) is 10.6. The number of rotatable bonds is 8. The fourth-order valence-corrected chi connectivity index (χ4v) is 3.16. The zero-order valence-corrected chi connectivity index (χ0v) is 15.9. The summed E-state index contributed by atoms with van der Waals surface area (Å²) in [7, 11) is 5.13. The molecule has 25 heavy (non-hydrogen) atoms. The van der Waals surface area contributed by atoms with Crippen molar-refractivity contribution in [1.82, 2.24) is 4.90 Å². The minimum atomic E-state index is -0.0501. The number of thioether (sulfide) groups is 1. The highest BCUT2D eigenvalue weighted by molar-refractivity contribution is 7.98. The van der Waals surface area contributed by atoms with Gasteiger partial charge in [-0.3, -0.25) is 9.69 Å². The average Bonchev–Trinajstić information content (AvgIpc) is 2.61. The summed E-state index contributed by atoms with van der Waals surface area (Å²) in [4.78, 5) is 15.3. The predicted molar refractivity (Wildman–Crippen MR) is 103 cm³/mol. The van der Waals surface area contributed by atoms with Crippen LogP contribution in [0.2, 0.25) is 0 Å². The Bertz CT molecular complexity index is 722. The van der Waals surface area contributed by atoms with Gasteiger partial charge in [-0.1, -0.05) is 24.3 Å². The van der Waals surface area contributed by atoms with Crippen molar-refractivity contribution in [3.8, 4) is 11.5 Å². The Morgan fingerprint density at radius 2 is 1.88 bits per heavy atom. The molecule has 2 aromatic carbocycles. The quantitative estimate of drug-likeness (QED) is 0.730. The van der Waals surface area contributed by atoms with Crippen LogP contribution in [0.3, 0.4) is 0 Å². The standard InChI is InChI=1S/C19H24N2O3S/c1-21(12-14-8-7-10-16(23-2)19(14)24-3)13-18(22)20-15-9-5-6-11-17(15)25-4/h5-11H,12-13H2,1-4H3,(H,20,22). The van der Waals surface area contributed by atoms with Gasteiger partial charge >= 0.3 is 0 Å². The Balaban J connectivity index is 2.00. The number of para-hydroxylation sites is 2. The van der Waals surface area contributed by atoms with Crippen molar-refractivity contribution in [3.63, 3.8) is 0 Å². The van der Waals surface area contributed by atoms with Crippen LogP contribution < -0.4 is 14.8 Å². The lowest BCUT2D eigenvalue weighted by Crippen LogP contribution is -2.30. The molecule has 5 nitrogen and oxygen atoms in total. The third-order valence-electron chi connectivity index (χ3n) is 3.72. The minimum absolute atomic E-state index is 0.0501. The van der Waals surface area contributed by atoms with Gasteiger partial charge in [-0.15, -0.1) is 11.8 Å². The Morgan fingerprint density at radius 1 is 1.12 bits per heavy atom. The van der Waals surface area contributed by atoms with Gasteiger partial charge in [-0.25, -0.2) is 0 Å². The Labute approximate surface area is 153 Å². The fourth-order valence-electron chi connectivity index (χ4n) is 2.61. The van der Waals surface area contributed by atoms with Crippen molar-refractivity contribution in [2.45, 2.75) is 11.4 Å². The van der Waals surface area contributed by atoms with E-state index in [1.165, 1.54) is 0 Å². The SMILES string of the molecule is COc1cccc(CN(C)CC(=O)Nc2ccccc2SC)c1OC. The summed E-state index contributed by atoms with van der Waals surface area (Å²) < 4.78 is 10.8. The molecule has 6 heteroatoms. The van der Waals surface area contributed by atoms with Crippen molar-refractivity contribution in [1.29, 1.82) is 0 Å². The first kappa shape index (κ1) is 19.1. The smallest absolute Gasteiger partial charge is 0.238 e. The number of methoxy groups -OCH3 is 2. The number of nitrogens with one attached hydrogen (secondary N) is 1. The van der Waals surface area contributed by atoms with Gasteiger partial charge in [-0.05, 0) is 31.5 Å². The van der Waals surface area contributed by atoms with E-state index in [4.69, 9.17) is 9.47 Å². The molecule has 0 aliphatic carbocycles. The molecule has 1 amide bonds. The Morgan fingerprint density at radius 3 is 2.56 bits per heavy atom. The molecule has 0 aromatic heterocycles. The highest BCUT2D eigenvalue weighted by atomic mass is 32.2. The molecule has 134 valence electrons. The largest absolute Gasteiger partial charge is 0.493 e. The van der Waals surface area contributed by atoms with Crippen LogP contribution in [0.1, 0.15) is 5.56 Å². The number of hydrogen-bond donors (Lipinski definition) is 1. The molecular formula is C19H24N2O3S. The maximum atomic E-state index is 12.3. The molecule has 0 saturated heterocycles. The highest BCUT2D eigenvalue weighted by Gasteiger charge is 2.14. The van der Waals surface area contributed by atoms with Crippen LogP contribution in [0.5, 0.6) is 11.5 Å². The monoisotopic (exact) mass is 360 g/mol. The first-order chi connectivity index (χ1) is 12.1. The van der Waals surface area contributed by atoms with Crippen LogP contribution in [0.25, 0.3) is 0 Å². The van der Waals surface area contributed by atoms with E-state index in [0.29, 0.717) is 18.0 Å². The zero-order valence-electron chi connectivity index (χ0n) is 15.0. The van der Waals surface area contributed by atoms with E-state index >= 15 is 0 Å². The lowest BCUT2D eigenvalue weighted by molar-refractivity contribution is -0.117. The topological polar surface area (TPSA) is 50.8 Å². The van der Waals surface area contributed by atoms with E-state index in [-0.39, 0.29) is 12.5 Å². The first-order valence-corrected chi connectivity index (χ1v) is 9.12. The van der Waals surface area contributed by atoms with Crippen molar-refractivity contribution < 1.29 is 14.3 Å². The van der Waals surface area contributed by atoms with Crippen LogP contribution in [0.15, 0.2) is 47.4 Å². The fraction of sp³-hybridized carbons (Fsp3) is 0.316. The highest BCUT2D eigenvalue weighted by Crippen LogP contribution is 2.31. The maximum Gasteiger partial charge on any atom is 0.238 e. The summed E-state index contributed by atoms with van der Waals surface area (Å²) >= 11 is 1.61. The second-order valence-corrected chi connectivity index (χ2v) is 6.42. The van der Waals surface area contributed by atoms with Crippen LogP contribution in [0.4, 0.5) is 5.69 Å². The number of ether oxygens (including phenoxy) is 2. The molecule has 0 fully saturated rings. The molecule has 0 heterocycles. The summed E-state index contributed by atoms with van der Waals surface area (Å²) in [5, 5.41) is 2.97. The van der Waals surface area contributed by atoms with E-state index in [1.54, 1.807) is 26.0 Å². The molecule has 0 saturated carbocycles. The van der Waals surface area contributed by atoms with Gasteiger partial charge in [-0.2, -0.15) is 0 Å². The van der Waals surface area contributed by atoms with Gasteiger partial charge in [0.05, 0.1) is 26.5 Å². The van der Waals surface area contributed by atoms with Gasteiger partial charge in [0.2, 0.25) is 5.91 Å². The van der Waals surface area contributed by atoms with Crippen molar-refractivity contribution in [2.75, 3.05) is 39.4 Å². The van der Waals surface area contributed by atoms with Crippen molar-refractivity contribution in [3.05, 3.63) is 48.0 Å². The van der Waals surface area contributed by atoms with Crippen molar-refractivity contribution >= 4 is 23.4 Å². The predicted octanol–water partition coefficient (Wildman–Crippen LogP) is 3.50. The van der Waals surface area contributed by atoms with Crippen LogP contribution in [-0.2, 0) is 11.3 Å². The summed E-state index contributed by atoms with van der Waals surface area (Å²) in [6, 6.07) is 13.5. The van der Waals surface area contributed by atoms with Crippen molar-refractivity contribution in [2.24, 2.45) is 0 Å². The third-order valence-corrected chi connectivity index (χ3v) is 4.52. The van der Waals surface area contributed by atoms with E-state index < -0.39 is 0 Å². The number of likely N-dealkylation sites (N-methyl/N-ethyl adjacent to an activating group) is 1. The summed E-state index contributed by atoms with van der Waals surface area (Å²) in [6.45, 7) is 0.862. The summed E-state index contributed by atoms with van der Waals surface area (Å²) in [5.74, 6) is 1.34. The second kappa shape index (κ2) is 9.34. The number of hydrogen-bond acceptors (Lipinski definition) is 5. The van der Waals surface area contributed by atoms with E-state index in [9.17, 15) is 4.79 Å². The third kappa shape index (κ3) is 5.14. The molecule has 0 bridgehead atoms. The van der Waals surface area contributed by atoms with Gasteiger partial charge in [0.15, 0.2) is 11.5 Å². The van der Waals surface area contributed by atoms with E-state index in [2.05, 4.69) is 5.32 Å². The molecule has 0 aliphatic rings. The van der Waals surface area contributed by atoms with Gasteiger partial charge in [0.1, 0.15) is 0 Å². The molecule has 0 atom stereocenters. The minimum Gasteiger partial charge on any atom is -0.493 e. The number of benzene rings is 2. The molecular weight excluding hydrogens is 336 g/mol. The molecule has 1 N–H and O–H groups in total.